The van der Waals surface area contributed by atoms with Crippen LogP contribution in [0.15, 0.2) is 0 Å². The zero-order valence-corrected chi connectivity index (χ0v) is 7.51. The molecule has 0 aliphatic heterocycles. The summed E-state index contributed by atoms with van der Waals surface area (Å²) in [6.45, 7) is 0.694. The molecule has 0 amide bonds. The second kappa shape index (κ2) is 3.35. The lowest BCUT2D eigenvalue weighted by atomic mass is 10.2. The number of halogens is 5. The third-order valence-corrected chi connectivity index (χ3v) is 1.54. The van der Waals surface area contributed by atoms with Crippen LogP contribution in [0.25, 0.3) is 0 Å². The molecule has 0 rings (SSSR count). The molecular formula is C5H6F5N2O3+. The molecule has 0 radical (unpaired) electrons. The molecule has 0 aliphatic rings. The molecule has 15 heavy (non-hydrogen) atoms. The first-order chi connectivity index (χ1) is 6.35. The summed E-state index contributed by atoms with van der Waals surface area (Å²) < 4.78 is 57.8. The van der Waals surface area contributed by atoms with E-state index in [1.165, 1.54) is 0 Å². The normalized spacial score (nSPS) is 13.8. The fraction of sp³-hybridized carbons (Fsp3) is 1.00. The van der Waals surface area contributed by atoms with E-state index in [9.17, 15) is 37.0 Å². The van der Waals surface area contributed by atoms with Gasteiger partial charge in [0.15, 0.2) is 4.76 Å². The van der Waals surface area contributed by atoms with Crippen LogP contribution in [0.3, 0.4) is 0 Å². The fourth-order valence-corrected chi connectivity index (χ4v) is 0.533. The zero-order chi connectivity index (χ0) is 12.7. The van der Waals surface area contributed by atoms with Gasteiger partial charge in [0.05, 0.1) is 18.8 Å². The number of hydrogen-bond donors (Lipinski definition) is 0. The molecule has 0 aromatic carbocycles. The molecule has 0 bridgehead atoms. The van der Waals surface area contributed by atoms with Gasteiger partial charge in [-0.05, 0) is 0 Å². The molecule has 0 N–H and O–H groups in total. The van der Waals surface area contributed by atoms with Gasteiger partial charge in [-0.15, -0.1) is 8.78 Å². The summed E-state index contributed by atoms with van der Waals surface area (Å²) in [5.41, 5.74) is -3.07. The highest BCUT2D eigenvalue weighted by Gasteiger charge is 2.78. The third-order valence-electron chi connectivity index (χ3n) is 1.54. The highest BCUT2D eigenvalue weighted by molar-refractivity contribution is 4.65. The van der Waals surface area contributed by atoms with Crippen molar-refractivity contribution in [3.63, 3.8) is 0 Å². The van der Waals surface area contributed by atoms with Crippen molar-refractivity contribution in [1.29, 1.82) is 0 Å². The van der Waals surface area contributed by atoms with Gasteiger partial charge in [-0.25, -0.2) is 0 Å². The van der Waals surface area contributed by atoms with Gasteiger partial charge in [-0.3, -0.25) is 10.1 Å². The van der Waals surface area contributed by atoms with Crippen LogP contribution in [0, 0.1) is 15.0 Å². The van der Waals surface area contributed by atoms with Crippen molar-refractivity contribution in [1.82, 2.24) is 0 Å². The average Bonchev–Trinajstić information content (AvgIpc) is 2.00. The quantitative estimate of drug-likeness (QED) is 0.188. The molecule has 0 saturated carbocycles. The van der Waals surface area contributed by atoms with E-state index in [-0.39, 0.29) is 0 Å². The summed E-state index contributed by atoms with van der Waals surface area (Å²) in [7, 11) is 0. The Morgan fingerprint density at radius 3 is 1.53 bits per heavy atom. The molecule has 0 saturated heterocycles. The van der Waals surface area contributed by atoms with Crippen molar-refractivity contribution >= 4 is 0 Å². The Hall–Kier alpha value is -1.35. The van der Waals surface area contributed by atoms with E-state index in [4.69, 9.17) is 0 Å². The van der Waals surface area contributed by atoms with Crippen molar-refractivity contribution < 1.29 is 31.6 Å². The molecule has 0 aromatic heterocycles. The Labute approximate surface area is 79.6 Å². The minimum atomic E-state index is -6.16. The highest BCUT2D eigenvalue weighted by atomic mass is 19.4. The van der Waals surface area contributed by atoms with Crippen molar-refractivity contribution in [2.24, 2.45) is 0 Å². The lowest BCUT2D eigenvalue weighted by Gasteiger charge is -2.15. The van der Waals surface area contributed by atoms with E-state index in [1.54, 1.807) is 0 Å². The van der Waals surface area contributed by atoms with Crippen LogP contribution in [0.5, 0.6) is 0 Å². The first-order valence-corrected chi connectivity index (χ1v) is 3.41. The van der Waals surface area contributed by atoms with Gasteiger partial charge in [-0.1, -0.05) is 0 Å². The molecule has 5 nitrogen and oxygen atoms in total. The second-order valence-corrected chi connectivity index (χ2v) is 3.08. The zero-order valence-electron chi connectivity index (χ0n) is 7.51. The predicted octanol–water partition coefficient (Wildman–Crippen LogP) is 1.93. The lowest BCUT2D eigenvalue weighted by molar-refractivity contribution is -0.886. The Morgan fingerprint density at radius 2 is 1.33 bits per heavy atom. The van der Waals surface area contributed by atoms with Crippen LogP contribution in [0.2, 0.25) is 0 Å². The summed E-state index contributed by atoms with van der Waals surface area (Å²) in [4.78, 5) is 19.2. The highest BCUT2D eigenvalue weighted by Crippen LogP contribution is 2.38. The first-order valence-electron chi connectivity index (χ1n) is 3.41. The van der Waals surface area contributed by atoms with Crippen LogP contribution < -0.4 is 0 Å². The minimum Gasteiger partial charge on any atom is -0.258 e. The van der Waals surface area contributed by atoms with Crippen molar-refractivity contribution in [3.05, 3.63) is 15.0 Å². The molecule has 0 unspecified atom stereocenters. The molecule has 10 heteroatoms. The number of nitroso groups, excluding NO2 is 1. The SMILES string of the molecule is CC(C)([N+](=O)[O-])[N+](=O)C(F)(F)C(F)(F)F. The Morgan fingerprint density at radius 1 is 1.00 bits per heavy atom. The van der Waals surface area contributed by atoms with Gasteiger partial charge in [0.1, 0.15) is 0 Å². The third kappa shape index (κ3) is 2.18. The van der Waals surface area contributed by atoms with Gasteiger partial charge in [0.2, 0.25) is 0 Å². The molecule has 0 atom stereocenters. The molecule has 0 aliphatic carbocycles. The number of alkyl halides is 5. The maximum absolute atomic E-state index is 12.4. The Balaban J connectivity index is 5.29. The monoisotopic (exact) mass is 237 g/mol. The standard InChI is InChI=1S/C5H6F5N2O3/c1-3(2,12(14)15)11(13)5(9,10)4(6,7)8/h1-2H3/q+1. The summed E-state index contributed by atoms with van der Waals surface area (Å²) >= 11 is 0. The summed E-state index contributed by atoms with van der Waals surface area (Å²) in [6, 6.07) is -5.80. The van der Waals surface area contributed by atoms with E-state index in [0.717, 1.165) is 0 Å². The first kappa shape index (κ1) is 13.7. The molecule has 0 spiro atoms. The number of nitro groups is 1. The Kier molecular flexibility index (Phi) is 3.05. The van der Waals surface area contributed by atoms with E-state index >= 15 is 0 Å². The van der Waals surface area contributed by atoms with E-state index in [0.29, 0.717) is 13.8 Å². The maximum Gasteiger partial charge on any atom is 0.606 e. The maximum atomic E-state index is 12.4. The number of rotatable bonds is 3. The van der Waals surface area contributed by atoms with E-state index < -0.39 is 27.6 Å². The number of nitrogens with zero attached hydrogens (tertiary/aromatic N) is 2. The van der Waals surface area contributed by atoms with Crippen LogP contribution in [-0.4, -0.2) is 27.6 Å². The van der Waals surface area contributed by atoms with Gasteiger partial charge in [0, 0.05) is 4.91 Å². The molecule has 0 heterocycles. The summed E-state index contributed by atoms with van der Waals surface area (Å²) in [5, 5.41) is 10.1. The van der Waals surface area contributed by atoms with E-state index in [1.807, 2.05) is 0 Å². The van der Waals surface area contributed by atoms with Crippen LogP contribution in [-0.2, 0) is 0 Å². The van der Waals surface area contributed by atoms with Gasteiger partial charge in [0.25, 0.3) is 0 Å². The second-order valence-electron chi connectivity index (χ2n) is 3.08. The van der Waals surface area contributed by atoms with Gasteiger partial charge in [-0.2, -0.15) is 13.2 Å². The largest absolute Gasteiger partial charge is 0.606 e. The van der Waals surface area contributed by atoms with Crippen molar-refractivity contribution in [2.75, 3.05) is 0 Å². The molecular weight excluding hydrogens is 231 g/mol. The van der Waals surface area contributed by atoms with Crippen LogP contribution in [0.4, 0.5) is 22.0 Å². The molecule has 0 aromatic rings. The van der Waals surface area contributed by atoms with Crippen LogP contribution in [0.1, 0.15) is 13.8 Å². The van der Waals surface area contributed by atoms with Crippen molar-refractivity contribution in [3.8, 4) is 0 Å². The summed E-state index contributed by atoms with van der Waals surface area (Å²) in [5.74, 6) is 0. The average molecular weight is 237 g/mol. The van der Waals surface area contributed by atoms with E-state index in [2.05, 4.69) is 0 Å². The van der Waals surface area contributed by atoms with Crippen molar-refractivity contribution in [2.45, 2.75) is 31.7 Å². The minimum absolute atomic E-state index is 0.347. The fourth-order valence-electron chi connectivity index (χ4n) is 0.533. The summed E-state index contributed by atoms with van der Waals surface area (Å²) in [6.07, 6.45) is -6.16. The molecule has 0 fully saturated rings. The van der Waals surface area contributed by atoms with Gasteiger partial charge < -0.3 is 0 Å². The topological polar surface area (TPSA) is 63.2 Å². The van der Waals surface area contributed by atoms with Crippen LogP contribution >= 0.6 is 0 Å². The predicted molar refractivity (Wildman–Crippen MR) is 35.7 cm³/mol. The molecule has 88 valence electrons. The Bertz CT molecular complexity index is 298. The number of hydrogen-bond acceptors (Lipinski definition) is 3. The lowest BCUT2D eigenvalue weighted by Crippen LogP contribution is -2.56. The van der Waals surface area contributed by atoms with Gasteiger partial charge >= 0.3 is 17.9 Å². The smallest absolute Gasteiger partial charge is 0.258 e.